The minimum atomic E-state index is -0.330. The predicted molar refractivity (Wildman–Crippen MR) is 66.0 cm³/mol. The van der Waals surface area contributed by atoms with E-state index in [0.29, 0.717) is 6.54 Å². The number of carbonyl (C=O) groups is 2. The van der Waals surface area contributed by atoms with E-state index in [1.165, 1.54) is 0 Å². The molecule has 0 aliphatic carbocycles. The Morgan fingerprint density at radius 1 is 1.44 bits per heavy atom. The molecule has 0 bridgehead atoms. The molecule has 2 rings (SSSR count). The van der Waals surface area contributed by atoms with Gasteiger partial charge in [-0.3, -0.25) is 10.1 Å². The van der Waals surface area contributed by atoms with E-state index >= 15 is 0 Å². The van der Waals surface area contributed by atoms with Crippen LogP contribution in [0.3, 0.4) is 0 Å². The van der Waals surface area contributed by atoms with Crippen LogP contribution in [0.1, 0.15) is 37.0 Å². The number of furan rings is 1. The van der Waals surface area contributed by atoms with Crippen molar-refractivity contribution >= 4 is 11.9 Å². The summed E-state index contributed by atoms with van der Waals surface area (Å²) in [5.41, 5.74) is 0.990. The Kier molecular flexibility index (Phi) is 3.15. The van der Waals surface area contributed by atoms with E-state index in [4.69, 9.17) is 4.42 Å². The number of amides is 3. The molecule has 1 N–H and O–H groups in total. The summed E-state index contributed by atoms with van der Waals surface area (Å²) in [6.45, 7) is 7.96. The van der Waals surface area contributed by atoms with Crippen molar-refractivity contribution in [2.75, 3.05) is 6.54 Å². The molecule has 18 heavy (non-hydrogen) atoms. The third-order valence-corrected chi connectivity index (χ3v) is 3.41. The number of carbonyl (C=O) groups excluding carboxylic acids is 2. The minimum Gasteiger partial charge on any atom is -0.466 e. The first kappa shape index (κ1) is 12.7. The van der Waals surface area contributed by atoms with Gasteiger partial charge in [0.05, 0.1) is 12.0 Å². The maximum atomic E-state index is 11.8. The Morgan fingerprint density at radius 2 is 2.11 bits per heavy atom. The first-order chi connectivity index (χ1) is 8.40. The van der Waals surface area contributed by atoms with Crippen LogP contribution in [0.5, 0.6) is 0 Å². The molecule has 2 heterocycles. The first-order valence-electron chi connectivity index (χ1n) is 6.08. The van der Waals surface area contributed by atoms with Crippen molar-refractivity contribution < 1.29 is 14.0 Å². The van der Waals surface area contributed by atoms with Crippen LogP contribution in [-0.4, -0.2) is 23.4 Å². The summed E-state index contributed by atoms with van der Waals surface area (Å²) in [5, 5.41) is 2.37. The minimum absolute atomic E-state index is 0.0991. The van der Waals surface area contributed by atoms with Crippen LogP contribution < -0.4 is 5.32 Å². The Balaban J connectivity index is 2.23. The van der Waals surface area contributed by atoms with Crippen LogP contribution in [0.25, 0.3) is 0 Å². The monoisotopic (exact) mass is 250 g/mol. The molecule has 2 unspecified atom stereocenters. The van der Waals surface area contributed by atoms with Crippen LogP contribution >= 0.6 is 0 Å². The lowest BCUT2D eigenvalue weighted by molar-refractivity contribution is -0.125. The van der Waals surface area contributed by atoms with Crippen LogP contribution in [0.15, 0.2) is 10.5 Å². The second-order valence-corrected chi connectivity index (χ2v) is 4.89. The van der Waals surface area contributed by atoms with Crippen molar-refractivity contribution in [2.45, 2.75) is 33.7 Å². The quantitative estimate of drug-likeness (QED) is 0.874. The molecule has 2 atom stereocenters. The van der Waals surface area contributed by atoms with Crippen molar-refractivity contribution in [2.24, 2.45) is 5.92 Å². The predicted octanol–water partition coefficient (Wildman–Crippen LogP) is 2.15. The molecular formula is C13H18N2O3. The second-order valence-electron chi connectivity index (χ2n) is 4.89. The zero-order valence-corrected chi connectivity index (χ0v) is 11.1. The highest BCUT2D eigenvalue weighted by atomic mass is 16.3. The van der Waals surface area contributed by atoms with Crippen LogP contribution in [-0.2, 0) is 4.79 Å². The van der Waals surface area contributed by atoms with E-state index in [1.54, 1.807) is 4.90 Å². The highest BCUT2D eigenvalue weighted by molar-refractivity contribution is 5.97. The van der Waals surface area contributed by atoms with Gasteiger partial charge in [0.25, 0.3) is 0 Å². The Bertz CT molecular complexity index is 492. The lowest BCUT2D eigenvalue weighted by atomic mass is 10.0. The van der Waals surface area contributed by atoms with E-state index < -0.39 is 0 Å². The lowest BCUT2D eigenvalue weighted by Gasteiger charge is -2.34. The van der Waals surface area contributed by atoms with Crippen molar-refractivity contribution in [1.82, 2.24) is 10.2 Å². The van der Waals surface area contributed by atoms with E-state index in [1.807, 2.05) is 33.8 Å². The molecule has 1 aromatic heterocycles. The number of urea groups is 1. The molecule has 1 fully saturated rings. The summed E-state index contributed by atoms with van der Waals surface area (Å²) >= 11 is 0. The lowest BCUT2D eigenvalue weighted by Crippen LogP contribution is -2.54. The van der Waals surface area contributed by atoms with Gasteiger partial charge < -0.3 is 9.32 Å². The normalized spacial score (nSPS) is 22.0. The van der Waals surface area contributed by atoms with E-state index in [-0.39, 0.29) is 23.9 Å². The zero-order valence-electron chi connectivity index (χ0n) is 11.1. The average molecular weight is 250 g/mol. The third kappa shape index (κ3) is 2.12. The van der Waals surface area contributed by atoms with Crippen LogP contribution in [0.4, 0.5) is 4.79 Å². The summed E-state index contributed by atoms with van der Waals surface area (Å²) in [7, 11) is 0. The topological polar surface area (TPSA) is 62.6 Å². The third-order valence-electron chi connectivity index (χ3n) is 3.41. The van der Waals surface area contributed by atoms with Gasteiger partial charge in [-0.15, -0.1) is 0 Å². The molecule has 1 aromatic rings. The van der Waals surface area contributed by atoms with Gasteiger partial charge in [-0.2, -0.15) is 0 Å². The largest absolute Gasteiger partial charge is 0.466 e. The molecule has 0 spiro atoms. The maximum absolute atomic E-state index is 11.8. The SMILES string of the molecule is Cc1cc(C(C)N2CC(C)C(=O)NC2=O)c(C)o1. The number of aryl methyl sites for hydroxylation is 2. The smallest absolute Gasteiger partial charge is 0.324 e. The molecule has 0 saturated carbocycles. The number of imide groups is 1. The fourth-order valence-corrected chi connectivity index (χ4v) is 2.33. The molecule has 1 aliphatic heterocycles. The maximum Gasteiger partial charge on any atom is 0.324 e. The zero-order chi connectivity index (χ0) is 13.4. The fourth-order valence-electron chi connectivity index (χ4n) is 2.33. The summed E-state index contributed by atoms with van der Waals surface area (Å²) in [4.78, 5) is 24.9. The second kappa shape index (κ2) is 4.48. The molecule has 1 aliphatic rings. The van der Waals surface area contributed by atoms with Crippen molar-refractivity contribution in [3.63, 3.8) is 0 Å². The van der Waals surface area contributed by atoms with Gasteiger partial charge in [0.2, 0.25) is 5.91 Å². The van der Waals surface area contributed by atoms with Crippen LogP contribution in [0.2, 0.25) is 0 Å². The average Bonchev–Trinajstić information content (AvgIpc) is 2.62. The van der Waals surface area contributed by atoms with E-state index in [2.05, 4.69) is 5.32 Å². The molecule has 5 nitrogen and oxygen atoms in total. The van der Waals surface area contributed by atoms with Gasteiger partial charge >= 0.3 is 6.03 Å². The van der Waals surface area contributed by atoms with Gasteiger partial charge in [-0.05, 0) is 26.8 Å². The van der Waals surface area contributed by atoms with Gasteiger partial charge in [-0.25, -0.2) is 4.79 Å². The first-order valence-corrected chi connectivity index (χ1v) is 6.08. The summed E-state index contributed by atoms with van der Waals surface area (Å²) in [6, 6.07) is 1.51. The van der Waals surface area contributed by atoms with E-state index in [0.717, 1.165) is 17.1 Å². The van der Waals surface area contributed by atoms with Crippen molar-refractivity contribution in [3.05, 3.63) is 23.2 Å². The van der Waals surface area contributed by atoms with Gasteiger partial charge in [0.15, 0.2) is 0 Å². The standard InChI is InChI=1S/C13H18N2O3/c1-7-6-15(13(17)14-12(7)16)9(3)11-5-8(2)18-10(11)4/h5,7,9H,6H2,1-4H3,(H,14,16,17). The molecule has 0 radical (unpaired) electrons. The number of nitrogens with one attached hydrogen (secondary N) is 1. The summed E-state index contributed by atoms with van der Waals surface area (Å²) in [5.74, 6) is 1.26. The van der Waals surface area contributed by atoms with E-state index in [9.17, 15) is 9.59 Å². The highest BCUT2D eigenvalue weighted by Gasteiger charge is 2.33. The molecule has 5 heteroatoms. The van der Waals surface area contributed by atoms with Gasteiger partial charge in [0.1, 0.15) is 11.5 Å². The molecular weight excluding hydrogens is 232 g/mol. The number of hydrogen-bond acceptors (Lipinski definition) is 3. The van der Waals surface area contributed by atoms with Crippen molar-refractivity contribution in [1.29, 1.82) is 0 Å². The Labute approximate surface area is 106 Å². The van der Waals surface area contributed by atoms with Crippen LogP contribution in [0, 0.1) is 19.8 Å². The Hall–Kier alpha value is -1.78. The summed E-state index contributed by atoms with van der Waals surface area (Å²) < 4.78 is 5.48. The Morgan fingerprint density at radius 3 is 2.67 bits per heavy atom. The number of nitrogens with zero attached hydrogens (tertiary/aromatic N) is 1. The number of hydrogen-bond donors (Lipinski definition) is 1. The van der Waals surface area contributed by atoms with Gasteiger partial charge in [-0.1, -0.05) is 6.92 Å². The van der Waals surface area contributed by atoms with Gasteiger partial charge in [0, 0.05) is 12.1 Å². The molecule has 0 aromatic carbocycles. The molecule has 3 amide bonds. The summed E-state index contributed by atoms with van der Waals surface area (Å²) in [6.07, 6.45) is 0. The highest BCUT2D eigenvalue weighted by Crippen LogP contribution is 2.28. The number of rotatable bonds is 2. The molecule has 98 valence electrons. The fraction of sp³-hybridized carbons (Fsp3) is 0.538. The molecule has 1 saturated heterocycles. The van der Waals surface area contributed by atoms with Crippen molar-refractivity contribution in [3.8, 4) is 0 Å².